The molecule has 2 aromatic carbocycles. The number of ether oxygens (including phenoxy) is 1. The van der Waals surface area contributed by atoms with Crippen LogP contribution < -0.4 is 4.90 Å². The highest BCUT2D eigenvalue weighted by atomic mass is 35.5. The highest BCUT2D eigenvalue weighted by molar-refractivity contribution is 6.31. The van der Waals surface area contributed by atoms with Gasteiger partial charge in [-0.1, -0.05) is 17.7 Å². The Bertz CT molecular complexity index is 949. The average Bonchev–Trinajstić information content (AvgIpc) is 2.74. The highest BCUT2D eigenvalue weighted by Crippen LogP contribution is 2.26. The molecule has 0 aromatic heterocycles. The van der Waals surface area contributed by atoms with Crippen LogP contribution in [0, 0.1) is 11.6 Å². The van der Waals surface area contributed by atoms with Crippen LogP contribution in [0.1, 0.15) is 15.9 Å². The van der Waals surface area contributed by atoms with Crippen LogP contribution in [0.25, 0.3) is 0 Å². The van der Waals surface area contributed by atoms with E-state index in [2.05, 4.69) is 9.64 Å². The lowest BCUT2D eigenvalue weighted by Gasteiger charge is -2.36. The van der Waals surface area contributed by atoms with Crippen LogP contribution in [-0.4, -0.2) is 62.1 Å². The molecule has 2 aromatic rings. The summed E-state index contributed by atoms with van der Waals surface area (Å²) in [5, 5.41) is -0.134. The molecule has 3 rings (SSSR count). The molecule has 0 unspecified atom stereocenters. The minimum absolute atomic E-state index is 0.0699. The number of carbonyl (C=O) groups is 2. The third-order valence-corrected chi connectivity index (χ3v) is 5.31. The molecule has 30 heavy (non-hydrogen) atoms. The number of amides is 2. The van der Waals surface area contributed by atoms with Gasteiger partial charge in [-0.15, -0.1) is 0 Å². The maximum atomic E-state index is 14.7. The molecule has 1 saturated heterocycles. The molecule has 0 aliphatic carbocycles. The molecule has 160 valence electrons. The summed E-state index contributed by atoms with van der Waals surface area (Å²) in [6.45, 7) is 2.35. The van der Waals surface area contributed by atoms with Crippen LogP contribution >= 0.6 is 11.6 Å². The van der Waals surface area contributed by atoms with E-state index in [-0.39, 0.29) is 28.7 Å². The number of esters is 1. The molecule has 0 radical (unpaired) electrons. The smallest absolute Gasteiger partial charge is 0.337 e. The summed E-state index contributed by atoms with van der Waals surface area (Å²) in [6, 6.07) is 7.52. The van der Waals surface area contributed by atoms with E-state index in [1.54, 1.807) is 4.90 Å². The van der Waals surface area contributed by atoms with Gasteiger partial charge in [0.1, 0.15) is 11.6 Å². The van der Waals surface area contributed by atoms with Crippen LogP contribution in [0.5, 0.6) is 0 Å². The molecule has 0 bridgehead atoms. The van der Waals surface area contributed by atoms with Crippen LogP contribution in [0.15, 0.2) is 36.4 Å². The van der Waals surface area contributed by atoms with Gasteiger partial charge in [0.25, 0.3) is 0 Å². The van der Waals surface area contributed by atoms with Crippen molar-refractivity contribution in [2.24, 2.45) is 0 Å². The summed E-state index contributed by atoms with van der Waals surface area (Å²) in [7, 11) is 3.18. The van der Waals surface area contributed by atoms with Gasteiger partial charge < -0.3 is 14.5 Å². The Morgan fingerprint density at radius 2 is 1.77 bits per heavy atom. The highest BCUT2D eigenvalue weighted by Gasteiger charge is 2.27. The largest absolute Gasteiger partial charge is 0.465 e. The SMILES string of the molecule is COC(=O)c1ccc(CN(C(=O)N2CCN(C)CC2)c2ccc(F)c(Cl)c2)c(F)c1. The summed E-state index contributed by atoms with van der Waals surface area (Å²) in [4.78, 5) is 30.0. The predicted octanol–water partition coefficient (Wildman–Crippen LogP) is 3.78. The van der Waals surface area contributed by atoms with E-state index in [1.165, 1.54) is 42.3 Å². The second kappa shape index (κ2) is 9.40. The van der Waals surface area contributed by atoms with Crippen molar-refractivity contribution in [2.45, 2.75) is 6.54 Å². The average molecular weight is 438 g/mol. The van der Waals surface area contributed by atoms with Gasteiger partial charge in [0, 0.05) is 37.4 Å². The second-order valence-electron chi connectivity index (χ2n) is 7.06. The van der Waals surface area contributed by atoms with E-state index in [1.807, 2.05) is 7.05 Å². The van der Waals surface area contributed by atoms with Gasteiger partial charge in [-0.2, -0.15) is 0 Å². The van der Waals surface area contributed by atoms with E-state index >= 15 is 0 Å². The Hall–Kier alpha value is -2.71. The standard InChI is InChI=1S/C21H22ClF2N3O3/c1-25-7-9-26(10-8-25)21(29)27(16-5-6-18(23)17(22)12-16)13-15-4-3-14(11-19(15)24)20(28)30-2/h3-6,11-12H,7-10,13H2,1-2H3. The molecule has 0 N–H and O–H groups in total. The topological polar surface area (TPSA) is 53.1 Å². The third-order valence-electron chi connectivity index (χ3n) is 5.02. The van der Waals surface area contributed by atoms with Gasteiger partial charge in [0.2, 0.25) is 0 Å². The summed E-state index contributed by atoms with van der Waals surface area (Å²) in [5.41, 5.74) is 0.618. The van der Waals surface area contributed by atoms with Crippen LogP contribution in [0.4, 0.5) is 19.3 Å². The summed E-state index contributed by atoms with van der Waals surface area (Å²) in [6.07, 6.45) is 0. The molecule has 0 spiro atoms. The first-order valence-corrected chi connectivity index (χ1v) is 9.74. The van der Waals surface area contributed by atoms with Gasteiger partial charge in [-0.3, -0.25) is 4.90 Å². The lowest BCUT2D eigenvalue weighted by molar-refractivity contribution is 0.0600. The molecule has 0 atom stereocenters. The fraction of sp³-hybridized carbons (Fsp3) is 0.333. The fourth-order valence-electron chi connectivity index (χ4n) is 3.18. The zero-order chi connectivity index (χ0) is 21.8. The summed E-state index contributed by atoms with van der Waals surface area (Å²) >= 11 is 5.91. The van der Waals surface area contributed by atoms with Crippen LogP contribution in [0.3, 0.4) is 0 Å². The van der Waals surface area contributed by atoms with E-state index in [4.69, 9.17) is 11.6 Å². The van der Waals surface area contributed by atoms with Crippen molar-refractivity contribution >= 4 is 29.3 Å². The Morgan fingerprint density at radius 3 is 2.37 bits per heavy atom. The van der Waals surface area contributed by atoms with Crippen molar-refractivity contribution in [1.29, 1.82) is 0 Å². The number of hydrogen-bond acceptors (Lipinski definition) is 4. The van der Waals surface area contributed by atoms with Crippen molar-refractivity contribution in [3.05, 3.63) is 64.2 Å². The van der Waals surface area contributed by atoms with Gasteiger partial charge >= 0.3 is 12.0 Å². The van der Waals surface area contributed by atoms with Crippen LogP contribution in [0.2, 0.25) is 5.02 Å². The van der Waals surface area contributed by atoms with Crippen molar-refractivity contribution in [2.75, 3.05) is 45.2 Å². The number of hydrogen-bond donors (Lipinski definition) is 0. The lowest BCUT2D eigenvalue weighted by Crippen LogP contribution is -2.52. The molecule has 0 saturated carbocycles. The Balaban J connectivity index is 1.92. The monoisotopic (exact) mass is 437 g/mol. The number of benzene rings is 2. The third kappa shape index (κ3) is 4.88. The van der Waals surface area contributed by atoms with Crippen molar-refractivity contribution in [3.63, 3.8) is 0 Å². The van der Waals surface area contributed by atoms with Gasteiger partial charge in [-0.25, -0.2) is 18.4 Å². The Kier molecular flexibility index (Phi) is 6.89. The summed E-state index contributed by atoms with van der Waals surface area (Å²) in [5.74, 6) is -1.92. The number of halogens is 3. The minimum Gasteiger partial charge on any atom is -0.465 e. The van der Waals surface area contributed by atoms with Crippen molar-refractivity contribution in [1.82, 2.24) is 9.80 Å². The molecular formula is C21H22ClF2N3O3. The van der Waals surface area contributed by atoms with E-state index in [9.17, 15) is 18.4 Å². The van der Waals surface area contributed by atoms with Gasteiger partial charge in [0.15, 0.2) is 0 Å². The number of rotatable bonds is 4. The zero-order valence-corrected chi connectivity index (χ0v) is 17.5. The molecule has 2 amide bonds. The summed E-state index contributed by atoms with van der Waals surface area (Å²) < 4.78 is 32.9. The number of likely N-dealkylation sites (N-methyl/N-ethyl adjacent to an activating group) is 1. The number of nitrogens with zero attached hydrogens (tertiary/aromatic N) is 3. The van der Waals surface area contributed by atoms with E-state index in [0.717, 1.165) is 6.07 Å². The Morgan fingerprint density at radius 1 is 1.07 bits per heavy atom. The number of anilines is 1. The molecule has 9 heteroatoms. The molecule has 1 fully saturated rings. The van der Waals surface area contributed by atoms with Gasteiger partial charge in [0.05, 0.1) is 24.2 Å². The minimum atomic E-state index is -0.656. The maximum absolute atomic E-state index is 14.7. The first kappa shape index (κ1) is 22.0. The molecular weight excluding hydrogens is 416 g/mol. The number of methoxy groups -OCH3 is 1. The van der Waals surface area contributed by atoms with E-state index < -0.39 is 17.6 Å². The number of urea groups is 1. The van der Waals surface area contributed by atoms with Crippen molar-refractivity contribution in [3.8, 4) is 0 Å². The molecule has 1 heterocycles. The molecule has 6 nitrogen and oxygen atoms in total. The first-order valence-electron chi connectivity index (χ1n) is 9.37. The first-order chi connectivity index (χ1) is 14.3. The second-order valence-corrected chi connectivity index (χ2v) is 7.46. The number of piperazine rings is 1. The molecule has 1 aliphatic heterocycles. The van der Waals surface area contributed by atoms with Gasteiger partial charge in [-0.05, 0) is 37.4 Å². The Labute approximate surface area is 178 Å². The number of carbonyl (C=O) groups excluding carboxylic acids is 2. The quantitative estimate of drug-likeness (QED) is 0.683. The lowest BCUT2D eigenvalue weighted by atomic mass is 10.1. The predicted molar refractivity (Wildman–Crippen MR) is 110 cm³/mol. The fourth-order valence-corrected chi connectivity index (χ4v) is 3.36. The molecule has 1 aliphatic rings. The zero-order valence-electron chi connectivity index (χ0n) is 16.7. The van der Waals surface area contributed by atoms with E-state index in [0.29, 0.717) is 31.9 Å². The normalized spacial score (nSPS) is 14.5. The van der Waals surface area contributed by atoms with Crippen molar-refractivity contribution < 1.29 is 23.1 Å². The van der Waals surface area contributed by atoms with Crippen LogP contribution in [-0.2, 0) is 11.3 Å². The maximum Gasteiger partial charge on any atom is 0.337 e.